The standard InChI is InChI=1S/C14H20N6O2/c1-9(2)6-11(15)14(21)17-10-4-5-13(22-3)12(7-10)20-8-16-18-19-20/h4-5,7-9,11H,6,15H2,1-3H3,(H,17,21)/t11-/m0/s1. The quantitative estimate of drug-likeness (QED) is 0.823. The second-order valence-corrected chi connectivity index (χ2v) is 5.37. The first-order chi connectivity index (χ1) is 10.5. The molecule has 3 N–H and O–H groups in total. The molecular weight excluding hydrogens is 284 g/mol. The molecule has 0 spiro atoms. The van der Waals surface area contributed by atoms with Crippen molar-refractivity contribution in [3.05, 3.63) is 24.5 Å². The van der Waals surface area contributed by atoms with E-state index in [4.69, 9.17) is 10.5 Å². The molecule has 0 saturated carbocycles. The van der Waals surface area contributed by atoms with Gasteiger partial charge in [0.1, 0.15) is 17.8 Å². The molecule has 8 heteroatoms. The van der Waals surface area contributed by atoms with Crippen LogP contribution in [-0.4, -0.2) is 39.3 Å². The van der Waals surface area contributed by atoms with Crippen molar-refractivity contribution in [2.75, 3.05) is 12.4 Å². The number of tetrazole rings is 1. The molecule has 2 rings (SSSR count). The summed E-state index contributed by atoms with van der Waals surface area (Å²) in [5.41, 5.74) is 7.11. The van der Waals surface area contributed by atoms with E-state index in [0.29, 0.717) is 29.5 Å². The van der Waals surface area contributed by atoms with E-state index in [1.807, 2.05) is 13.8 Å². The normalized spacial score (nSPS) is 12.2. The molecule has 2 aromatic rings. The molecule has 1 amide bonds. The maximum atomic E-state index is 12.1. The molecule has 0 fully saturated rings. The Kier molecular flexibility index (Phi) is 5.05. The van der Waals surface area contributed by atoms with Crippen LogP contribution in [0.4, 0.5) is 5.69 Å². The van der Waals surface area contributed by atoms with Gasteiger partial charge in [0.15, 0.2) is 0 Å². The van der Waals surface area contributed by atoms with Gasteiger partial charge in [0.2, 0.25) is 5.91 Å². The van der Waals surface area contributed by atoms with Crippen molar-refractivity contribution in [3.63, 3.8) is 0 Å². The Hall–Kier alpha value is -2.48. The molecule has 0 radical (unpaired) electrons. The average molecular weight is 304 g/mol. The summed E-state index contributed by atoms with van der Waals surface area (Å²) in [5.74, 6) is 0.728. The van der Waals surface area contributed by atoms with Gasteiger partial charge in [0.05, 0.1) is 13.2 Å². The number of benzene rings is 1. The third-order valence-electron chi connectivity index (χ3n) is 3.10. The predicted octanol–water partition coefficient (Wildman–Crippen LogP) is 0.983. The Morgan fingerprint density at radius 1 is 1.45 bits per heavy atom. The van der Waals surface area contributed by atoms with Crippen LogP contribution in [-0.2, 0) is 4.79 Å². The summed E-state index contributed by atoms with van der Waals surface area (Å²) in [7, 11) is 1.56. The van der Waals surface area contributed by atoms with Gasteiger partial charge in [-0.2, -0.15) is 4.68 Å². The third-order valence-corrected chi connectivity index (χ3v) is 3.10. The van der Waals surface area contributed by atoms with Gasteiger partial charge in [0, 0.05) is 5.69 Å². The zero-order chi connectivity index (χ0) is 16.1. The molecular formula is C14H20N6O2. The van der Waals surface area contributed by atoms with Gasteiger partial charge in [-0.15, -0.1) is 5.10 Å². The molecule has 0 aliphatic heterocycles. The molecule has 1 aromatic carbocycles. The van der Waals surface area contributed by atoms with E-state index in [1.165, 1.54) is 11.0 Å². The van der Waals surface area contributed by atoms with Gasteiger partial charge in [-0.05, 0) is 41.0 Å². The van der Waals surface area contributed by atoms with E-state index in [2.05, 4.69) is 20.8 Å². The fraction of sp³-hybridized carbons (Fsp3) is 0.429. The minimum Gasteiger partial charge on any atom is -0.494 e. The molecule has 1 atom stereocenters. The van der Waals surface area contributed by atoms with Crippen LogP contribution in [0.5, 0.6) is 5.75 Å². The van der Waals surface area contributed by atoms with E-state index in [-0.39, 0.29) is 5.91 Å². The molecule has 0 bridgehead atoms. The van der Waals surface area contributed by atoms with Crippen LogP contribution in [0.1, 0.15) is 20.3 Å². The van der Waals surface area contributed by atoms with Crippen molar-refractivity contribution >= 4 is 11.6 Å². The first kappa shape index (κ1) is 15.9. The molecule has 0 unspecified atom stereocenters. The van der Waals surface area contributed by atoms with Gasteiger partial charge >= 0.3 is 0 Å². The van der Waals surface area contributed by atoms with E-state index >= 15 is 0 Å². The van der Waals surface area contributed by atoms with Gasteiger partial charge < -0.3 is 15.8 Å². The Morgan fingerprint density at radius 3 is 2.82 bits per heavy atom. The van der Waals surface area contributed by atoms with Crippen molar-refractivity contribution in [1.29, 1.82) is 0 Å². The lowest BCUT2D eigenvalue weighted by Crippen LogP contribution is -2.36. The zero-order valence-electron chi connectivity index (χ0n) is 12.9. The number of hydrogen-bond acceptors (Lipinski definition) is 6. The summed E-state index contributed by atoms with van der Waals surface area (Å²) in [6.07, 6.45) is 2.08. The second kappa shape index (κ2) is 6.99. The minimum atomic E-state index is -0.543. The van der Waals surface area contributed by atoms with Crippen molar-refractivity contribution in [2.24, 2.45) is 11.7 Å². The summed E-state index contributed by atoms with van der Waals surface area (Å²) < 4.78 is 6.74. The lowest BCUT2D eigenvalue weighted by molar-refractivity contribution is -0.117. The fourth-order valence-electron chi connectivity index (χ4n) is 2.07. The first-order valence-electron chi connectivity index (χ1n) is 6.99. The number of amides is 1. The number of ether oxygens (including phenoxy) is 1. The Labute approximate surface area is 128 Å². The number of nitrogens with one attached hydrogen (secondary N) is 1. The Morgan fingerprint density at radius 2 is 2.23 bits per heavy atom. The highest BCUT2D eigenvalue weighted by molar-refractivity contribution is 5.95. The number of carbonyl (C=O) groups excluding carboxylic acids is 1. The maximum Gasteiger partial charge on any atom is 0.241 e. The SMILES string of the molecule is COc1ccc(NC(=O)[C@@H](N)CC(C)C)cc1-n1cnnn1. The molecule has 0 saturated heterocycles. The van der Waals surface area contributed by atoms with Gasteiger partial charge in [-0.25, -0.2) is 0 Å². The van der Waals surface area contributed by atoms with Crippen LogP contribution < -0.4 is 15.8 Å². The molecule has 1 heterocycles. The summed E-state index contributed by atoms with van der Waals surface area (Å²) in [5, 5.41) is 13.8. The monoisotopic (exact) mass is 304 g/mol. The van der Waals surface area contributed by atoms with Crippen LogP contribution >= 0.6 is 0 Å². The largest absolute Gasteiger partial charge is 0.494 e. The smallest absolute Gasteiger partial charge is 0.241 e. The predicted molar refractivity (Wildman–Crippen MR) is 81.8 cm³/mol. The zero-order valence-corrected chi connectivity index (χ0v) is 12.9. The number of rotatable bonds is 6. The van der Waals surface area contributed by atoms with Gasteiger partial charge in [-0.1, -0.05) is 13.8 Å². The van der Waals surface area contributed by atoms with E-state index in [9.17, 15) is 4.79 Å². The molecule has 118 valence electrons. The van der Waals surface area contributed by atoms with Crippen molar-refractivity contribution in [2.45, 2.75) is 26.3 Å². The number of anilines is 1. The molecule has 0 aliphatic rings. The number of aromatic nitrogens is 4. The van der Waals surface area contributed by atoms with Crippen LogP contribution in [0.25, 0.3) is 5.69 Å². The lowest BCUT2D eigenvalue weighted by Gasteiger charge is -2.15. The van der Waals surface area contributed by atoms with Crippen LogP contribution in [0.2, 0.25) is 0 Å². The highest BCUT2D eigenvalue weighted by Crippen LogP contribution is 2.25. The summed E-state index contributed by atoms with van der Waals surface area (Å²) in [6, 6.07) is 4.67. The van der Waals surface area contributed by atoms with Crippen LogP contribution in [0, 0.1) is 5.92 Å². The minimum absolute atomic E-state index is 0.221. The molecule has 8 nitrogen and oxygen atoms in total. The topological polar surface area (TPSA) is 108 Å². The maximum absolute atomic E-state index is 12.1. The van der Waals surface area contributed by atoms with E-state index < -0.39 is 6.04 Å². The third kappa shape index (κ3) is 3.79. The van der Waals surface area contributed by atoms with Crippen molar-refractivity contribution in [1.82, 2.24) is 20.2 Å². The van der Waals surface area contributed by atoms with Gasteiger partial charge in [-0.3, -0.25) is 4.79 Å². The molecule has 0 aliphatic carbocycles. The highest BCUT2D eigenvalue weighted by Gasteiger charge is 2.16. The number of nitrogens with two attached hydrogens (primary N) is 1. The molecule has 1 aromatic heterocycles. The highest BCUT2D eigenvalue weighted by atomic mass is 16.5. The first-order valence-corrected chi connectivity index (χ1v) is 6.99. The van der Waals surface area contributed by atoms with Crippen LogP contribution in [0.15, 0.2) is 24.5 Å². The Balaban J connectivity index is 2.19. The number of hydrogen-bond donors (Lipinski definition) is 2. The fourth-order valence-corrected chi connectivity index (χ4v) is 2.07. The number of carbonyl (C=O) groups is 1. The summed E-state index contributed by atoms with van der Waals surface area (Å²) in [4.78, 5) is 12.1. The Bertz CT molecular complexity index is 626. The average Bonchev–Trinajstić information content (AvgIpc) is 3.00. The number of methoxy groups -OCH3 is 1. The summed E-state index contributed by atoms with van der Waals surface area (Å²) >= 11 is 0. The van der Waals surface area contributed by atoms with E-state index in [1.54, 1.807) is 25.3 Å². The van der Waals surface area contributed by atoms with Crippen molar-refractivity contribution in [3.8, 4) is 11.4 Å². The second-order valence-electron chi connectivity index (χ2n) is 5.37. The van der Waals surface area contributed by atoms with E-state index in [0.717, 1.165) is 0 Å². The summed E-state index contributed by atoms with van der Waals surface area (Å²) in [6.45, 7) is 4.05. The van der Waals surface area contributed by atoms with Crippen LogP contribution in [0.3, 0.4) is 0 Å². The van der Waals surface area contributed by atoms with Gasteiger partial charge in [0.25, 0.3) is 0 Å². The number of nitrogens with zero attached hydrogens (tertiary/aromatic N) is 4. The van der Waals surface area contributed by atoms with Crippen molar-refractivity contribution < 1.29 is 9.53 Å². The molecule has 22 heavy (non-hydrogen) atoms. The lowest BCUT2D eigenvalue weighted by atomic mass is 10.0.